The highest BCUT2D eigenvalue weighted by atomic mass is 16.1. The van der Waals surface area contributed by atoms with Crippen molar-refractivity contribution in [2.75, 3.05) is 19.6 Å². The van der Waals surface area contributed by atoms with Crippen LogP contribution in [0.15, 0.2) is 0 Å². The van der Waals surface area contributed by atoms with Crippen LogP contribution in [0, 0.1) is 12.3 Å². The Kier molecular flexibility index (Phi) is 13.3. The molecule has 0 aliphatic heterocycles. The van der Waals surface area contributed by atoms with Crippen molar-refractivity contribution in [3.63, 3.8) is 0 Å². The summed E-state index contributed by atoms with van der Waals surface area (Å²) in [5, 5.41) is 5.75. The van der Waals surface area contributed by atoms with Gasteiger partial charge in [0, 0.05) is 6.54 Å². The molecule has 0 heterocycles. The summed E-state index contributed by atoms with van der Waals surface area (Å²) in [7, 11) is 0. The second-order valence-corrected chi connectivity index (χ2v) is 4.63. The highest BCUT2D eigenvalue weighted by Gasteiger charge is 1.98. The van der Waals surface area contributed by atoms with Crippen molar-refractivity contribution in [3.05, 3.63) is 0 Å². The van der Waals surface area contributed by atoms with Gasteiger partial charge in [-0.2, -0.15) is 0 Å². The maximum absolute atomic E-state index is 11.3. The molecule has 0 radical (unpaired) electrons. The molecule has 0 aromatic rings. The third-order valence-electron chi connectivity index (χ3n) is 2.87. The molecular weight excluding hydrogens is 224 g/mol. The first-order chi connectivity index (χ1) is 8.81. The molecular formula is C15H28N2O. The molecule has 0 spiro atoms. The van der Waals surface area contributed by atoms with Gasteiger partial charge in [0.25, 0.3) is 0 Å². The van der Waals surface area contributed by atoms with E-state index in [4.69, 9.17) is 6.42 Å². The number of hydrogen-bond acceptors (Lipinski definition) is 2. The molecule has 0 atom stereocenters. The van der Waals surface area contributed by atoms with Gasteiger partial charge in [-0.15, -0.1) is 6.42 Å². The van der Waals surface area contributed by atoms with Gasteiger partial charge in [-0.1, -0.05) is 57.8 Å². The number of rotatable bonds is 12. The monoisotopic (exact) mass is 252 g/mol. The lowest BCUT2D eigenvalue weighted by atomic mass is 10.1. The molecule has 104 valence electrons. The predicted octanol–water partition coefficient (Wildman–Crippen LogP) is 2.47. The van der Waals surface area contributed by atoms with Crippen LogP contribution in [0.2, 0.25) is 0 Å². The molecule has 3 heteroatoms. The second kappa shape index (κ2) is 14.1. The summed E-state index contributed by atoms with van der Waals surface area (Å²) in [6.07, 6.45) is 15.4. The summed E-state index contributed by atoms with van der Waals surface area (Å²) in [5.41, 5.74) is 0. The highest BCUT2D eigenvalue weighted by Crippen LogP contribution is 2.07. The van der Waals surface area contributed by atoms with Crippen LogP contribution in [0.1, 0.15) is 58.3 Å². The van der Waals surface area contributed by atoms with Crippen molar-refractivity contribution in [2.45, 2.75) is 58.3 Å². The van der Waals surface area contributed by atoms with Crippen LogP contribution in [0.3, 0.4) is 0 Å². The summed E-state index contributed by atoms with van der Waals surface area (Å²) in [6.45, 7) is 3.79. The van der Waals surface area contributed by atoms with Crippen LogP contribution in [-0.4, -0.2) is 25.5 Å². The normalized spacial score (nSPS) is 10.0. The van der Waals surface area contributed by atoms with Crippen molar-refractivity contribution in [2.24, 2.45) is 0 Å². The fourth-order valence-electron chi connectivity index (χ4n) is 1.80. The van der Waals surface area contributed by atoms with E-state index in [1.54, 1.807) is 0 Å². The number of nitrogens with one attached hydrogen (secondary N) is 2. The third-order valence-corrected chi connectivity index (χ3v) is 2.87. The fourth-order valence-corrected chi connectivity index (χ4v) is 1.80. The van der Waals surface area contributed by atoms with Crippen LogP contribution in [0.25, 0.3) is 0 Å². The lowest BCUT2D eigenvalue weighted by Crippen LogP contribution is -2.34. The minimum absolute atomic E-state index is 0.0354. The molecule has 0 aromatic carbocycles. The Hall–Kier alpha value is -1.01. The molecule has 0 saturated heterocycles. The molecule has 1 amide bonds. The number of carbonyl (C=O) groups excluding carboxylic acids is 1. The summed E-state index contributed by atoms with van der Waals surface area (Å²) in [5.74, 6) is 2.47. The minimum atomic E-state index is 0.0354. The van der Waals surface area contributed by atoms with Crippen LogP contribution >= 0.6 is 0 Å². The lowest BCUT2D eigenvalue weighted by Gasteiger charge is -2.05. The van der Waals surface area contributed by atoms with Crippen molar-refractivity contribution >= 4 is 5.91 Å². The van der Waals surface area contributed by atoms with Gasteiger partial charge < -0.3 is 5.32 Å². The molecule has 18 heavy (non-hydrogen) atoms. The minimum Gasteiger partial charge on any atom is -0.355 e. The van der Waals surface area contributed by atoms with Gasteiger partial charge in [-0.05, 0) is 6.42 Å². The Morgan fingerprint density at radius 3 is 2.28 bits per heavy atom. The largest absolute Gasteiger partial charge is 0.355 e. The first-order valence-electron chi connectivity index (χ1n) is 7.22. The first kappa shape index (κ1) is 17.0. The van der Waals surface area contributed by atoms with Crippen molar-refractivity contribution in [1.82, 2.24) is 10.6 Å². The molecule has 3 nitrogen and oxygen atoms in total. The summed E-state index contributed by atoms with van der Waals surface area (Å²) in [4.78, 5) is 11.3. The van der Waals surface area contributed by atoms with E-state index in [-0.39, 0.29) is 5.91 Å². The smallest absolute Gasteiger partial charge is 0.233 e. The zero-order valence-electron chi connectivity index (χ0n) is 11.8. The topological polar surface area (TPSA) is 41.1 Å². The van der Waals surface area contributed by atoms with E-state index in [1.165, 1.54) is 44.9 Å². The van der Waals surface area contributed by atoms with E-state index in [0.29, 0.717) is 13.1 Å². The van der Waals surface area contributed by atoms with Gasteiger partial charge in [0.2, 0.25) is 5.91 Å². The maximum atomic E-state index is 11.3. The number of hydrogen-bond donors (Lipinski definition) is 2. The second-order valence-electron chi connectivity index (χ2n) is 4.63. The zero-order valence-corrected chi connectivity index (χ0v) is 11.8. The molecule has 0 saturated carbocycles. The van der Waals surface area contributed by atoms with E-state index in [9.17, 15) is 4.79 Å². The standard InChI is InChI=1S/C15H28N2O/c1-3-5-6-7-8-9-10-11-13-17-15(18)14-16-12-4-2/h2,16H,3,5-14H2,1H3,(H,17,18). The van der Waals surface area contributed by atoms with Gasteiger partial charge in [0.1, 0.15) is 0 Å². The highest BCUT2D eigenvalue weighted by molar-refractivity contribution is 5.77. The Balaban J connectivity index is 3.10. The Morgan fingerprint density at radius 2 is 1.67 bits per heavy atom. The van der Waals surface area contributed by atoms with Gasteiger partial charge in [0.05, 0.1) is 13.1 Å². The number of terminal acetylenes is 1. The average molecular weight is 252 g/mol. The lowest BCUT2D eigenvalue weighted by molar-refractivity contribution is -0.120. The van der Waals surface area contributed by atoms with Crippen LogP contribution in [0.5, 0.6) is 0 Å². The molecule has 0 aromatic heterocycles. The Morgan fingerprint density at radius 1 is 1.06 bits per heavy atom. The number of amides is 1. The van der Waals surface area contributed by atoms with Crippen LogP contribution in [0.4, 0.5) is 0 Å². The van der Waals surface area contributed by atoms with E-state index < -0.39 is 0 Å². The first-order valence-corrected chi connectivity index (χ1v) is 7.22. The van der Waals surface area contributed by atoms with Gasteiger partial charge >= 0.3 is 0 Å². The number of unbranched alkanes of at least 4 members (excludes halogenated alkanes) is 7. The molecule has 0 unspecified atom stereocenters. The average Bonchev–Trinajstić information content (AvgIpc) is 2.37. The predicted molar refractivity (Wildman–Crippen MR) is 77.3 cm³/mol. The molecule has 0 aliphatic carbocycles. The Labute approximate surface area is 112 Å². The van der Waals surface area contributed by atoms with Crippen molar-refractivity contribution in [1.29, 1.82) is 0 Å². The molecule has 0 fully saturated rings. The van der Waals surface area contributed by atoms with Crippen LogP contribution < -0.4 is 10.6 Å². The maximum Gasteiger partial charge on any atom is 0.233 e. The van der Waals surface area contributed by atoms with Crippen LogP contribution in [-0.2, 0) is 4.79 Å². The van der Waals surface area contributed by atoms with Gasteiger partial charge in [0.15, 0.2) is 0 Å². The SMILES string of the molecule is C#CCNCC(=O)NCCCCCCCCCC. The summed E-state index contributed by atoms with van der Waals surface area (Å²) >= 11 is 0. The van der Waals surface area contributed by atoms with Gasteiger partial charge in [-0.3, -0.25) is 10.1 Å². The zero-order chi connectivity index (χ0) is 13.5. The van der Waals surface area contributed by atoms with E-state index >= 15 is 0 Å². The quantitative estimate of drug-likeness (QED) is 0.414. The summed E-state index contributed by atoms with van der Waals surface area (Å²) in [6, 6.07) is 0. The molecule has 0 bridgehead atoms. The molecule has 0 rings (SSSR count). The molecule has 0 aliphatic rings. The van der Waals surface area contributed by atoms with E-state index in [0.717, 1.165) is 13.0 Å². The molecule has 2 N–H and O–H groups in total. The fraction of sp³-hybridized carbons (Fsp3) is 0.800. The summed E-state index contributed by atoms with van der Waals surface area (Å²) < 4.78 is 0. The van der Waals surface area contributed by atoms with Crippen molar-refractivity contribution in [3.8, 4) is 12.3 Å². The van der Waals surface area contributed by atoms with E-state index in [2.05, 4.69) is 23.5 Å². The third kappa shape index (κ3) is 13.1. The van der Waals surface area contributed by atoms with Gasteiger partial charge in [-0.25, -0.2) is 0 Å². The number of carbonyl (C=O) groups is 1. The Bertz CT molecular complexity index is 233. The van der Waals surface area contributed by atoms with Crippen molar-refractivity contribution < 1.29 is 4.79 Å². The van der Waals surface area contributed by atoms with E-state index in [1.807, 2.05) is 0 Å².